The van der Waals surface area contributed by atoms with Crippen molar-refractivity contribution in [2.24, 2.45) is 11.1 Å². The molecule has 2 nitrogen and oxygen atoms in total. The van der Waals surface area contributed by atoms with Gasteiger partial charge in [-0.2, -0.15) is 0 Å². The first-order valence-corrected chi connectivity index (χ1v) is 7.30. The van der Waals surface area contributed by atoms with Crippen molar-refractivity contribution in [1.29, 1.82) is 0 Å². The summed E-state index contributed by atoms with van der Waals surface area (Å²) in [7, 11) is 2.10. The van der Waals surface area contributed by atoms with Gasteiger partial charge >= 0.3 is 0 Å². The molecule has 0 aliphatic heterocycles. The quantitative estimate of drug-likeness (QED) is 0.895. The molecule has 0 amide bonds. The van der Waals surface area contributed by atoms with Gasteiger partial charge in [0.2, 0.25) is 0 Å². The number of benzene rings is 1. The highest BCUT2D eigenvalue weighted by Gasteiger charge is 2.28. The Labute approximate surface area is 126 Å². The van der Waals surface area contributed by atoms with Crippen LogP contribution in [0.1, 0.15) is 39.3 Å². The van der Waals surface area contributed by atoms with E-state index >= 15 is 0 Å². The average molecular weight is 303 g/mol. The van der Waals surface area contributed by atoms with E-state index in [4.69, 9.17) is 28.9 Å². The molecule has 1 aromatic carbocycles. The van der Waals surface area contributed by atoms with Gasteiger partial charge in [0, 0.05) is 28.7 Å². The molecule has 4 heteroatoms. The van der Waals surface area contributed by atoms with Crippen molar-refractivity contribution in [3.8, 4) is 0 Å². The van der Waals surface area contributed by atoms with Crippen molar-refractivity contribution in [3.63, 3.8) is 0 Å². The lowest BCUT2D eigenvalue weighted by atomic mass is 9.86. The molecule has 19 heavy (non-hydrogen) atoms. The van der Waals surface area contributed by atoms with Gasteiger partial charge in [-0.1, -0.05) is 44.0 Å². The summed E-state index contributed by atoms with van der Waals surface area (Å²) in [5.41, 5.74) is 7.21. The molecule has 0 aliphatic rings. The van der Waals surface area contributed by atoms with Crippen LogP contribution >= 0.6 is 23.2 Å². The van der Waals surface area contributed by atoms with Crippen molar-refractivity contribution < 1.29 is 0 Å². The molecule has 108 valence electrons. The maximum atomic E-state index is 6.08. The van der Waals surface area contributed by atoms with Crippen LogP contribution in [0.4, 0.5) is 0 Å². The third-order valence-electron chi connectivity index (χ3n) is 3.85. The van der Waals surface area contributed by atoms with E-state index in [0.29, 0.717) is 22.6 Å². The van der Waals surface area contributed by atoms with Crippen LogP contribution in [0.25, 0.3) is 0 Å². The zero-order chi connectivity index (χ0) is 14.8. The Morgan fingerprint density at radius 2 is 1.63 bits per heavy atom. The average Bonchev–Trinajstić information content (AvgIpc) is 2.26. The fourth-order valence-corrected chi connectivity index (χ4v) is 2.73. The second-order valence-corrected chi connectivity index (χ2v) is 7.03. The number of nitrogens with two attached hydrogens (primary N) is 1. The number of hydrogen-bond acceptors (Lipinski definition) is 2. The summed E-state index contributed by atoms with van der Waals surface area (Å²) >= 11 is 12.2. The normalized spacial score (nSPS) is 15.6. The molecule has 1 aromatic rings. The molecular weight excluding hydrogens is 279 g/mol. The van der Waals surface area contributed by atoms with Crippen LogP contribution in [0.15, 0.2) is 18.2 Å². The van der Waals surface area contributed by atoms with Gasteiger partial charge in [0.1, 0.15) is 0 Å². The minimum Gasteiger partial charge on any atom is -0.329 e. The van der Waals surface area contributed by atoms with Gasteiger partial charge in [0.15, 0.2) is 0 Å². The first-order valence-electron chi connectivity index (χ1n) is 6.54. The van der Waals surface area contributed by atoms with Gasteiger partial charge in [-0.15, -0.1) is 0 Å². The third-order valence-corrected chi connectivity index (χ3v) is 4.29. The van der Waals surface area contributed by atoms with Crippen molar-refractivity contribution in [2.45, 2.75) is 39.8 Å². The minimum absolute atomic E-state index is 0.116. The number of likely N-dealkylation sites (N-methyl/N-ethyl adjacent to an activating group) is 1. The Balaban J connectivity index is 3.06. The summed E-state index contributed by atoms with van der Waals surface area (Å²) in [6, 6.07) is 6.13. The summed E-state index contributed by atoms with van der Waals surface area (Å²) in [5.74, 6) is 0. The number of hydrogen-bond donors (Lipinski definition) is 1. The summed E-state index contributed by atoms with van der Waals surface area (Å²) < 4.78 is 0. The number of nitrogens with zero attached hydrogens (tertiary/aromatic N) is 1. The van der Waals surface area contributed by atoms with E-state index in [0.717, 1.165) is 5.56 Å². The lowest BCUT2D eigenvalue weighted by molar-refractivity contribution is 0.100. The molecule has 2 N–H and O–H groups in total. The van der Waals surface area contributed by atoms with Crippen LogP contribution in [-0.2, 0) is 0 Å². The molecule has 0 saturated carbocycles. The second kappa shape index (κ2) is 6.45. The Hall–Kier alpha value is -0.280. The van der Waals surface area contributed by atoms with Crippen LogP contribution < -0.4 is 5.73 Å². The maximum absolute atomic E-state index is 6.08. The molecule has 2 atom stereocenters. The molecule has 0 aliphatic carbocycles. The molecule has 0 aromatic heterocycles. The zero-order valence-electron chi connectivity index (χ0n) is 12.4. The Kier molecular flexibility index (Phi) is 5.69. The molecular formula is C15H24Cl2N2. The number of halogens is 2. The second-order valence-electron chi connectivity index (χ2n) is 6.16. The smallest absolute Gasteiger partial charge is 0.0471 e. The van der Waals surface area contributed by atoms with Gasteiger partial charge in [-0.3, -0.25) is 4.90 Å². The minimum atomic E-state index is 0.116. The van der Waals surface area contributed by atoms with Crippen molar-refractivity contribution >= 4 is 23.2 Å². The highest BCUT2D eigenvalue weighted by molar-refractivity contribution is 6.34. The predicted molar refractivity (Wildman–Crippen MR) is 84.9 cm³/mol. The van der Waals surface area contributed by atoms with Gasteiger partial charge in [-0.05, 0) is 43.1 Å². The molecule has 0 radical (unpaired) electrons. The highest BCUT2D eigenvalue weighted by atomic mass is 35.5. The van der Waals surface area contributed by atoms with Crippen molar-refractivity contribution in [2.75, 3.05) is 13.6 Å². The lowest BCUT2D eigenvalue weighted by Gasteiger charge is -2.40. The van der Waals surface area contributed by atoms with Crippen molar-refractivity contribution in [1.82, 2.24) is 4.90 Å². The van der Waals surface area contributed by atoms with Crippen LogP contribution in [0.2, 0.25) is 10.0 Å². The molecule has 1 rings (SSSR count). The molecule has 2 unspecified atom stereocenters. The van der Waals surface area contributed by atoms with E-state index in [-0.39, 0.29) is 11.5 Å². The monoisotopic (exact) mass is 302 g/mol. The van der Waals surface area contributed by atoms with Crippen LogP contribution in [0, 0.1) is 5.41 Å². The fraction of sp³-hybridized carbons (Fsp3) is 0.600. The fourth-order valence-electron chi connectivity index (χ4n) is 2.19. The Morgan fingerprint density at radius 1 is 1.16 bits per heavy atom. The first-order chi connectivity index (χ1) is 8.66. The standard InChI is InChI=1S/C15H24Cl2N2/c1-10(15(2,3)4)19(5)14(9-18)11-6-12(16)8-13(17)7-11/h6-8,10,14H,9,18H2,1-5H3. The molecule has 0 heterocycles. The third kappa shape index (κ3) is 4.35. The number of rotatable bonds is 4. The van der Waals surface area contributed by atoms with Crippen LogP contribution in [-0.4, -0.2) is 24.5 Å². The largest absolute Gasteiger partial charge is 0.329 e. The summed E-state index contributed by atoms with van der Waals surface area (Å²) in [4.78, 5) is 2.29. The van der Waals surface area contributed by atoms with Crippen LogP contribution in [0.3, 0.4) is 0 Å². The van der Waals surface area contributed by atoms with E-state index in [1.807, 2.05) is 12.1 Å². The SMILES string of the molecule is CC(N(C)C(CN)c1cc(Cl)cc(Cl)c1)C(C)(C)C. The van der Waals surface area contributed by atoms with Crippen LogP contribution in [0.5, 0.6) is 0 Å². The molecule has 0 saturated heterocycles. The molecule has 0 fully saturated rings. The van der Waals surface area contributed by atoms with E-state index < -0.39 is 0 Å². The Bertz CT molecular complexity index is 406. The molecule has 0 spiro atoms. The highest BCUT2D eigenvalue weighted by Crippen LogP contribution is 2.31. The van der Waals surface area contributed by atoms with E-state index in [1.54, 1.807) is 6.07 Å². The van der Waals surface area contributed by atoms with E-state index in [1.165, 1.54) is 0 Å². The molecule has 0 bridgehead atoms. The predicted octanol–water partition coefficient (Wildman–Crippen LogP) is 4.36. The van der Waals surface area contributed by atoms with E-state index in [2.05, 4.69) is 39.6 Å². The Morgan fingerprint density at radius 3 is 2.00 bits per heavy atom. The summed E-state index contributed by atoms with van der Waals surface area (Å²) in [6.45, 7) is 9.44. The lowest BCUT2D eigenvalue weighted by Crippen LogP contribution is -2.43. The van der Waals surface area contributed by atoms with Gasteiger partial charge in [0.05, 0.1) is 0 Å². The van der Waals surface area contributed by atoms with E-state index in [9.17, 15) is 0 Å². The van der Waals surface area contributed by atoms with Gasteiger partial charge < -0.3 is 5.73 Å². The summed E-state index contributed by atoms with van der Waals surface area (Å²) in [6.07, 6.45) is 0. The topological polar surface area (TPSA) is 29.3 Å². The summed E-state index contributed by atoms with van der Waals surface area (Å²) in [5, 5.41) is 1.30. The van der Waals surface area contributed by atoms with Gasteiger partial charge in [-0.25, -0.2) is 0 Å². The zero-order valence-corrected chi connectivity index (χ0v) is 13.9. The maximum Gasteiger partial charge on any atom is 0.0471 e. The van der Waals surface area contributed by atoms with Crippen molar-refractivity contribution in [3.05, 3.63) is 33.8 Å². The first kappa shape index (κ1) is 16.8. The van der Waals surface area contributed by atoms with Gasteiger partial charge in [0.25, 0.3) is 0 Å².